The van der Waals surface area contributed by atoms with E-state index in [9.17, 15) is 9.18 Å². The molecule has 4 heteroatoms. The van der Waals surface area contributed by atoms with Crippen LogP contribution in [0.4, 0.5) is 4.39 Å². The van der Waals surface area contributed by atoms with E-state index in [4.69, 9.17) is 16.7 Å². The molecule has 0 saturated heterocycles. The molecule has 0 aromatic heterocycles. The highest BCUT2D eigenvalue weighted by Crippen LogP contribution is 2.35. The van der Waals surface area contributed by atoms with Gasteiger partial charge in [-0.3, -0.25) is 4.79 Å². The van der Waals surface area contributed by atoms with Crippen LogP contribution < -0.4 is 0 Å². The van der Waals surface area contributed by atoms with Crippen LogP contribution in [0, 0.1) is 17.7 Å². The van der Waals surface area contributed by atoms with Crippen LogP contribution in [-0.2, 0) is 11.2 Å². The lowest BCUT2D eigenvalue weighted by Gasteiger charge is -2.16. The third-order valence-corrected chi connectivity index (χ3v) is 3.71. The summed E-state index contributed by atoms with van der Waals surface area (Å²) in [6.45, 7) is 0. The summed E-state index contributed by atoms with van der Waals surface area (Å²) in [5.74, 6) is -1.39. The average molecular weight is 257 g/mol. The van der Waals surface area contributed by atoms with Crippen LogP contribution in [0.2, 0.25) is 5.02 Å². The maximum atomic E-state index is 13.6. The van der Waals surface area contributed by atoms with Crippen LogP contribution in [0.3, 0.4) is 0 Å². The Morgan fingerprint density at radius 3 is 2.88 bits per heavy atom. The molecule has 1 N–H and O–H groups in total. The maximum Gasteiger partial charge on any atom is 0.306 e. The molecule has 0 spiro atoms. The van der Waals surface area contributed by atoms with Crippen molar-refractivity contribution >= 4 is 17.6 Å². The fourth-order valence-corrected chi connectivity index (χ4v) is 2.73. The van der Waals surface area contributed by atoms with E-state index in [-0.39, 0.29) is 17.7 Å². The molecule has 92 valence electrons. The second-order valence-electron chi connectivity index (χ2n) is 4.58. The predicted octanol–water partition coefficient (Wildman–Crippen LogP) is 3.52. The first-order valence-corrected chi connectivity index (χ1v) is 6.12. The number of hydrogen-bond acceptors (Lipinski definition) is 1. The van der Waals surface area contributed by atoms with Gasteiger partial charge in [0, 0.05) is 5.02 Å². The third-order valence-electron chi connectivity index (χ3n) is 3.47. The second kappa shape index (κ2) is 5.05. The molecule has 1 saturated carbocycles. The number of hydrogen-bond donors (Lipinski definition) is 1. The monoisotopic (exact) mass is 256 g/mol. The van der Waals surface area contributed by atoms with Gasteiger partial charge in [-0.2, -0.15) is 0 Å². The highest BCUT2D eigenvalue weighted by molar-refractivity contribution is 6.30. The lowest BCUT2D eigenvalue weighted by atomic mass is 9.89. The van der Waals surface area contributed by atoms with Gasteiger partial charge in [-0.15, -0.1) is 0 Å². The molecule has 1 aliphatic carbocycles. The highest BCUT2D eigenvalue weighted by atomic mass is 35.5. The maximum absolute atomic E-state index is 13.6. The molecule has 17 heavy (non-hydrogen) atoms. The quantitative estimate of drug-likeness (QED) is 0.898. The zero-order chi connectivity index (χ0) is 12.4. The van der Waals surface area contributed by atoms with Crippen molar-refractivity contribution in [3.8, 4) is 0 Å². The van der Waals surface area contributed by atoms with Crippen LogP contribution in [-0.4, -0.2) is 11.1 Å². The van der Waals surface area contributed by atoms with Gasteiger partial charge < -0.3 is 5.11 Å². The van der Waals surface area contributed by atoms with Crippen molar-refractivity contribution in [1.82, 2.24) is 0 Å². The Morgan fingerprint density at radius 1 is 1.47 bits per heavy atom. The molecule has 1 aromatic carbocycles. The van der Waals surface area contributed by atoms with E-state index < -0.39 is 5.97 Å². The van der Waals surface area contributed by atoms with Crippen molar-refractivity contribution in [2.75, 3.05) is 0 Å². The number of carbonyl (C=O) groups is 1. The Bertz CT molecular complexity index is 433. The van der Waals surface area contributed by atoms with E-state index in [0.717, 1.165) is 12.8 Å². The standard InChI is InChI=1S/C13H14ClFO2/c14-10-5-4-9(12(15)7-10)6-8-2-1-3-11(8)13(16)17/h4-5,7-8,11H,1-3,6H2,(H,16,17). The van der Waals surface area contributed by atoms with Gasteiger partial charge >= 0.3 is 5.97 Å². The van der Waals surface area contributed by atoms with Crippen molar-refractivity contribution in [3.05, 3.63) is 34.6 Å². The molecular weight excluding hydrogens is 243 g/mol. The van der Waals surface area contributed by atoms with Gasteiger partial charge in [0.05, 0.1) is 5.92 Å². The fraction of sp³-hybridized carbons (Fsp3) is 0.462. The van der Waals surface area contributed by atoms with Crippen molar-refractivity contribution in [2.45, 2.75) is 25.7 Å². The number of benzene rings is 1. The molecule has 2 rings (SSSR count). The van der Waals surface area contributed by atoms with Crippen LogP contribution in [0.25, 0.3) is 0 Å². The van der Waals surface area contributed by atoms with Gasteiger partial charge in [0.15, 0.2) is 0 Å². The first-order chi connectivity index (χ1) is 8.08. The summed E-state index contributed by atoms with van der Waals surface area (Å²) in [5, 5.41) is 9.43. The summed E-state index contributed by atoms with van der Waals surface area (Å²) in [5.41, 5.74) is 0.563. The lowest BCUT2D eigenvalue weighted by Crippen LogP contribution is -2.20. The SMILES string of the molecule is O=C(O)C1CCCC1Cc1ccc(Cl)cc1F. The van der Waals surface area contributed by atoms with Gasteiger partial charge in [-0.25, -0.2) is 4.39 Å². The van der Waals surface area contributed by atoms with E-state index in [1.807, 2.05) is 0 Å². The second-order valence-corrected chi connectivity index (χ2v) is 5.01. The first kappa shape index (κ1) is 12.4. The first-order valence-electron chi connectivity index (χ1n) is 5.74. The number of carboxylic acid groups (broad SMARTS) is 1. The largest absolute Gasteiger partial charge is 0.481 e. The molecule has 2 nitrogen and oxygen atoms in total. The molecule has 0 aliphatic heterocycles. The minimum absolute atomic E-state index is 0.0446. The normalized spacial score (nSPS) is 23.9. The molecule has 2 unspecified atom stereocenters. The molecule has 0 radical (unpaired) electrons. The van der Waals surface area contributed by atoms with Crippen molar-refractivity contribution in [2.24, 2.45) is 11.8 Å². The number of aliphatic carboxylic acids is 1. The molecular formula is C13H14ClFO2. The Hall–Kier alpha value is -1.09. The van der Waals surface area contributed by atoms with Crippen LogP contribution >= 0.6 is 11.6 Å². The van der Waals surface area contributed by atoms with E-state index in [1.165, 1.54) is 6.07 Å². The molecule has 0 amide bonds. The minimum Gasteiger partial charge on any atom is -0.481 e. The minimum atomic E-state index is -0.762. The Labute approximate surface area is 104 Å². The molecule has 1 aromatic rings. The molecule has 2 atom stereocenters. The van der Waals surface area contributed by atoms with E-state index in [0.29, 0.717) is 23.4 Å². The summed E-state index contributed by atoms with van der Waals surface area (Å²) in [4.78, 5) is 11.0. The number of carboxylic acids is 1. The van der Waals surface area contributed by atoms with Crippen molar-refractivity contribution < 1.29 is 14.3 Å². The topological polar surface area (TPSA) is 37.3 Å². The van der Waals surface area contributed by atoms with E-state index in [1.54, 1.807) is 12.1 Å². The van der Waals surface area contributed by atoms with Gasteiger partial charge in [-0.1, -0.05) is 24.1 Å². The van der Waals surface area contributed by atoms with Crippen molar-refractivity contribution in [3.63, 3.8) is 0 Å². The zero-order valence-electron chi connectivity index (χ0n) is 9.33. The van der Waals surface area contributed by atoms with E-state index >= 15 is 0 Å². The summed E-state index contributed by atoms with van der Waals surface area (Å²) < 4.78 is 13.6. The van der Waals surface area contributed by atoms with Gasteiger partial charge in [0.2, 0.25) is 0 Å². The summed E-state index contributed by atoms with van der Waals surface area (Å²) >= 11 is 5.68. The lowest BCUT2D eigenvalue weighted by molar-refractivity contribution is -0.142. The summed E-state index contributed by atoms with van der Waals surface area (Å²) in [6, 6.07) is 4.57. The molecule has 0 heterocycles. The van der Waals surface area contributed by atoms with Gasteiger partial charge in [0.25, 0.3) is 0 Å². The Kier molecular flexibility index (Phi) is 3.67. The Balaban J connectivity index is 2.12. The number of halogens is 2. The zero-order valence-corrected chi connectivity index (χ0v) is 10.1. The van der Waals surface area contributed by atoms with Crippen LogP contribution in [0.15, 0.2) is 18.2 Å². The highest BCUT2D eigenvalue weighted by Gasteiger charge is 2.33. The summed E-state index contributed by atoms with van der Waals surface area (Å²) in [6.07, 6.45) is 2.96. The predicted molar refractivity (Wildman–Crippen MR) is 63.6 cm³/mol. The Morgan fingerprint density at radius 2 is 2.24 bits per heavy atom. The molecule has 1 aliphatic rings. The van der Waals surface area contributed by atoms with Crippen molar-refractivity contribution in [1.29, 1.82) is 0 Å². The van der Waals surface area contributed by atoms with Crippen LogP contribution in [0.5, 0.6) is 0 Å². The fourth-order valence-electron chi connectivity index (χ4n) is 2.58. The molecule has 0 bridgehead atoms. The third kappa shape index (κ3) is 2.78. The summed E-state index contributed by atoms with van der Waals surface area (Å²) in [7, 11) is 0. The smallest absolute Gasteiger partial charge is 0.306 e. The van der Waals surface area contributed by atoms with Crippen LogP contribution in [0.1, 0.15) is 24.8 Å². The molecule has 1 fully saturated rings. The average Bonchev–Trinajstić information content (AvgIpc) is 2.70. The number of rotatable bonds is 3. The van der Waals surface area contributed by atoms with Gasteiger partial charge in [0.1, 0.15) is 5.82 Å². The van der Waals surface area contributed by atoms with E-state index in [2.05, 4.69) is 0 Å². The van der Waals surface area contributed by atoms with Gasteiger partial charge in [-0.05, 0) is 42.9 Å².